The molecule has 1 aliphatic rings. The minimum Gasteiger partial charge on any atom is -0.385 e. The molecule has 2 amide bonds. The van der Waals surface area contributed by atoms with Crippen molar-refractivity contribution in [3.63, 3.8) is 0 Å². The van der Waals surface area contributed by atoms with Gasteiger partial charge < -0.3 is 15.4 Å². The molecule has 0 unspecified atom stereocenters. The number of anilines is 1. The lowest BCUT2D eigenvalue weighted by atomic mass is 10.0. The van der Waals surface area contributed by atoms with Crippen molar-refractivity contribution in [3.8, 4) is 0 Å². The normalized spacial score (nSPS) is 15.4. The van der Waals surface area contributed by atoms with Gasteiger partial charge in [0.15, 0.2) is 0 Å². The molecule has 1 aromatic rings. The van der Waals surface area contributed by atoms with Crippen molar-refractivity contribution in [2.24, 2.45) is 5.41 Å². The SMILES string of the molecule is COCCCNC(=O)C1(C(=O)Nc2ccccc2)CC1. The number of nitrogens with one attached hydrogen (secondary N) is 2. The molecule has 0 aliphatic heterocycles. The lowest BCUT2D eigenvalue weighted by molar-refractivity contribution is -0.134. The Morgan fingerprint density at radius 3 is 2.50 bits per heavy atom. The summed E-state index contributed by atoms with van der Waals surface area (Å²) < 4.78 is 4.92. The summed E-state index contributed by atoms with van der Waals surface area (Å²) in [6.07, 6.45) is 1.97. The van der Waals surface area contributed by atoms with Gasteiger partial charge in [0.25, 0.3) is 0 Å². The molecular formula is C15H20N2O3. The maximum absolute atomic E-state index is 12.2. The summed E-state index contributed by atoms with van der Waals surface area (Å²) in [6, 6.07) is 9.19. The van der Waals surface area contributed by atoms with Crippen LogP contribution >= 0.6 is 0 Å². The predicted octanol–water partition coefficient (Wildman–Crippen LogP) is 1.56. The molecule has 5 nitrogen and oxygen atoms in total. The van der Waals surface area contributed by atoms with Gasteiger partial charge in [0, 0.05) is 25.9 Å². The number of para-hydroxylation sites is 1. The van der Waals surface area contributed by atoms with E-state index >= 15 is 0 Å². The van der Waals surface area contributed by atoms with E-state index in [-0.39, 0.29) is 11.8 Å². The molecular weight excluding hydrogens is 256 g/mol. The third kappa shape index (κ3) is 3.36. The zero-order chi connectivity index (χ0) is 14.4. The Hall–Kier alpha value is -1.88. The largest absolute Gasteiger partial charge is 0.385 e. The second-order valence-corrected chi connectivity index (χ2v) is 5.00. The molecule has 2 rings (SSSR count). The molecule has 1 aromatic carbocycles. The topological polar surface area (TPSA) is 67.4 Å². The van der Waals surface area contributed by atoms with Crippen molar-refractivity contribution in [2.45, 2.75) is 19.3 Å². The number of hydrogen-bond acceptors (Lipinski definition) is 3. The van der Waals surface area contributed by atoms with Crippen LogP contribution in [-0.4, -0.2) is 32.1 Å². The zero-order valence-corrected chi connectivity index (χ0v) is 11.6. The molecule has 108 valence electrons. The van der Waals surface area contributed by atoms with E-state index < -0.39 is 5.41 Å². The summed E-state index contributed by atoms with van der Waals surface area (Å²) in [5, 5.41) is 5.61. The van der Waals surface area contributed by atoms with Gasteiger partial charge in [-0.1, -0.05) is 18.2 Å². The summed E-state index contributed by atoms with van der Waals surface area (Å²) >= 11 is 0. The number of benzene rings is 1. The van der Waals surface area contributed by atoms with Crippen molar-refractivity contribution < 1.29 is 14.3 Å². The highest BCUT2D eigenvalue weighted by Crippen LogP contribution is 2.46. The maximum Gasteiger partial charge on any atom is 0.240 e. The minimum atomic E-state index is -0.872. The van der Waals surface area contributed by atoms with E-state index in [9.17, 15) is 9.59 Å². The Morgan fingerprint density at radius 2 is 1.90 bits per heavy atom. The van der Waals surface area contributed by atoms with Gasteiger partial charge in [-0.25, -0.2) is 0 Å². The third-order valence-electron chi connectivity index (χ3n) is 3.46. The van der Waals surface area contributed by atoms with Gasteiger partial charge >= 0.3 is 0 Å². The summed E-state index contributed by atoms with van der Waals surface area (Å²) in [6.45, 7) is 1.14. The van der Waals surface area contributed by atoms with Gasteiger partial charge in [0.1, 0.15) is 5.41 Å². The van der Waals surface area contributed by atoms with E-state index in [2.05, 4.69) is 10.6 Å². The van der Waals surface area contributed by atoms with Gasteiger partial charge in [-0.05, 0) is 31.4 Å². The average molecular weight is 276 g/mol. The summed E-state index contributed by atoms with van der Waals surface area (Å²) in [5.41, 5.74) is -0.154. The number of rotatable bonds is 7. The van der Waals surface area contributed by atoms with E-state index in [0.29, 0.717) is 26.0 Å². The highest BCUT2D eigenvalue weighted by molar-refractivity contribution is 6.13. The molecule has 1 aliphatic carbocycles. The van der Waals surface area contributed by atoms with Gasteiger partial charge in [-0.3, -0.25) is 9.59 Å². The van der Waals surface area contributed by atoms with E-state index in [1.54, 1.807) is 7.11 Å². The van der Waals surface area contributed by atoms with Crippen molar-refractivity contribution in [3.05, 3.63) is 30.3 Å². The molecule has 0 aromatic heterocycles. The second-order valence-electron chi connectivity index (χ2n) is 5.00. The Balaban J connectivity index is 1.87. The van der Waals surface area contributed by atoms with Gasteiger partial charge in [-0.2, -0.15) is 0 Å². The first-order valence-electron chi connectivity index (χ1n) is 6.83. The van der Waals surface area contributed by atoms with Crippen LogP contribution < -0.4 is 10.6 Å². The number of ether oxygens (including phenoxy) is 1. The molecule has 2 N–H and O–H groups in total. The predicted molar refractivity (Wildman–Crippen MR) is 76.2 cm³/mol. The molecule has 0 bridgehead atoms. The molecule has 0 radical (unpaired) electrons. The molecule has 20 heavy (non-hydrogen) atoms. The number of carbonyl (C=O) groups excluding carboxylic acids is 2. The smallest absolute Gasteiger partial charge is 0.240 e. The number of methoxy groups -OCH3 is 1. The Bertz CT molecular complexity index is 469. The quantitative estimate of drug-likeness (QED) is 0.586. The van der Waals surface area contributed by atoms with Crippen molar-refractivity contribution >= 4 is 17.5 Å². The highest BCUT2D eigenvalue weighted by Gasteiger charge is 2.56. The number of amides is 2. The molecule has 0 heterocycles. The molecule has 0 spiro atoms. The van der Waals surface area contributed by atoms with Gasteiger partial charge in [0.05, 0.1) is 0 Å². The molecule has 0 saturated heterocycles. The first-order valence-corrected chi connectivity index (χ1v) is 6.83. The number of hydrogen-bond donors (Lipinski definition) is 2. The van der Waals surface area contributed by atoms with Crippen molar-refractivity contribution in [1.29, 1.82) is 0 Å². The van der Waals surface area contributed by atoms with Crippen LogP contribution in [0.2, 0.25) is 0 Å². The van der Waals surface area contributed by atoms with E-state index in [1.165, 1.54) is 0 Å². The zero-order valence-electron chi connectivity index (χ0n) is 11.6. The first kappa shape index (κ1) is 14.5. The fourth-order valence-electron chi connectivity index (χ4n) is 2.04. The molecule has 1 fully saturated rings. The van der Waals surface area contributed by atoms with Crippen molar-refractivity contribution in [2.75, 3.05) is 25.6 Å². The van der Waals surface area contributed by atoms with Crippen LogP contribution in [0.1, 0.15) is 19.3 Å². The molecule has 0 atom stereocenters. The van der Waals surface area contributed by atoms with Crippen LogP contribution in [0.15, 0.2) is 30.3 Å². The van der Waals surface area contributed by atoms with Crippen LogP contribution in [0.4, 0.5) is 5.69 Å². The van der Waals surface area contributed by atoms with Gasteiger partial charge in [0.2, 0.25) is 11.8 Å². The van der Waals surface area contributed by atoms with E-state index in [0.717, 1.165) is 12.1 Å². The van der Waals surface area contributed by atoms with Crippen molar-refractivity contribution in [1.82, 2.24) is 5.32 Å². The Kier molecular flexibility index (Phi) is 4.74. The van der Waals surface area contributed by atoms with E-state index in [4.69, 9.17) is 4.74 Å². The molecule has 1 saturated carbocycles. The Labute approximate surface area is 118 Å². The summed E-state index contributed by atoms with van der Waals surface area (Å²) in [4.78, 5) is 24.3. The second kappa shape index (κ2) is 6.52. The van der Waals surface area contributed by atoms with Crippen LogP contribution in [0.3, 0.4) is 0 Å². The molecule has 5 heteroatoms. The average Bonchev–Trinajstić information content (AvgIpc) is 3.26. The maximum atomic E-state index is 12.2. The Morgan fingerprint density at radius 1 is 1.20 bits per heavy atom. The van der Waals surface area contributed by atoms with Gasteiger partial charge in [-0.15, -0.1) is 0 Å². The highest BCUT2D eigenvalue weighted by atomic mass is 16.5. The fraction of sp³-hybridized carbons (Fsp3) is 0.467. The van der Waals surface area contributed by atoms with E-state index in [1.807, 2.05) is 30.3 Å². The minimum absolute atomic E-state index is 0.179. The van der Waals surface area contributed by atoms with Crippen LogP contribution in [0.25, 0.3) is 0 Å². The van der Waals surface area contributed by atoms with Crippen LogP contribution in [0.5, 0.6) is 0 Å². The third-order valence-corrected chi connectivity index (χ3v) is 3.46. The lowest BCUT2D eigenvalue weighted by Gasteiger charge is -2.15. The summed E-state index contributed by atoms with van der Waals surface area (Å²) in [7, 11) is 1.62. The number of carbonyl (C=O) groups is 2. The first-order chi connectivity index (χ1) is 9.69. The monoisotopic (exact) mass is 276 g/mol. The standard InChI is InChI=1S/C15H20N2O3/c1-20-11-5-10-16-13(18)15(8-9-15)14(19)17-12-6-3-2-4-7-12/h2-4,6-7H,5,8-11H2,1H3,(H,16,18)(H,17,19). The van der Waals surface area contributed by atoms with Crippen LogP contribution in [-0.2, 0) is 14.3 Å². The fourth-order valence-corrected chi connectivity index (χ4v) is 2.04. The summed E-state index contributed by atoms with van der Waals surface area (Å²) in [5.74, 6) is -0.394. The van der Waals surface area contributed by atoms with Crippen LogP contribution in [0, 0.1) is 5.41 Å². The lowest BCUT2D eigenvalue weighted by Crippen LogP contribution is -2.40.